The first-order valence-corrected chi connectivity index (χ1v) is 12.4. The number of rotatable bonds is 12. The molecule has 0 saturated heterocycles. The lowest BCUT2D eigenvalue weighted by Crippen LogP contribution is -2.30. The van der Waals surface area contributed by atoms with Crippen LogP contribution in [-0.2, 0) is 27.7 Å². The molecule has 0 spiro atoms. The molecular weight excluding hydrogens is 408 g/mol. The van der Waals surface area contributed by atoms with E-state index < -0.39 is 10.0 Å². The fourth-order valence-electron chi connectivity index (χ4n) is 2.91. The number of carbonyl (C=O) groups excluding carboxylic acids is 1. The summed E-state index contributed by atoms with van der Waals surface area (Å²) in [6.45, 7) is 6.67. The second kappa shape index (κ2) is 11.4. The summed E-state index contributed by atoms with van der Waals surface area (Å²) in [6, 6.07) is 6.74. The number of hydrogen-bond acceptors (Lipinski definition) is 6. The van der Waals surface area contributed by atoms with Gasteiger partial charge in [0.05, 0.1) is 4.90 Å². The molecule has 0 aliphatic heterocycles. The van der Waals surface area contributed by atoms with E-state index in [1.54, 1.807) is 24.3 Å². The fourth-order valence-corrected chi connectivity index (χ4v) is 5.17. The van der Waals surface area contributed by atoms with Crippen molar-refractivity contribution in [2.24, 2.45) is 0 Å². The highest BCUT2D eigenvalue weighted by Crippen LogP contribution is 2.19. The average molecular weight is 439 g/mol. The van der Waals surface area contributed by atoms with Gasteiger partial charge in [-0.1, -0.05) is 57.1 Å². The SMILES string of the molecule is CCCCCc1nnc(NC(=O)CCc2ccc(S(=O)(=O)N(CC)CC)cc2)s1. The molecule has 160 valence electrons. The molecule has 0 fully saturated rings. The van der Waals surface area contributed by atoms with E-state index in [0.29, 0.717) is 31.1 Å². The van der Waals surface area contributed by atoms with Gasteiger partial charge < -0.3 is 5.32 Å². The second-order valence-electron chi connectivity index (χ2n) is 6.74. The van der Waals surface area contributed by atoms with Crippen molar-refractivity contribution in [3.8, 4) is 0 Å². The van der Waals surface area contributed by atoms with Crippen molar-refractivity contribution >= 4 is 32.4 Å². The molecule has 0 bridgehead atoms. The van der Waals surface area contributed by atoms with Crippen LogP contribution in [0.2, 0.25) is 0 Å². The van der Waals surface area contributed by atoms with E-state index in [0.717, 1.165) is 36.3 Å². The zero-order valence-corrected chi connectivity index (χ0v) is 19.0. The molecule has 1 aromatic heterocycles. The van der Waals surface area contributed by atoms with Gasteiger partial charge in [0.2, 0.25) is 21.1 Å². The van der Waals surface area contributed by atoms with Gasteiger partial charge in [0.1, 0.15) is 5.01 Å². The minimum atomic E-state index is -3.46. The number of carbonyl (C=O) groups is 1. The number of aromatic nitrogens is 2. The van der Waals surface area contributed by atoms with E-state index in [9.17, 15) is 13.2 Å². The van der Waals surface area contributed by atoms with E-state index in [-0.39, 0.29) is 10.8 Å². The smallest absolute Gasteiger partial charge is 0.243 e. The van der Waals surface area contributed by atoms with Crippen molar-refractivity contribution in [2.75, 3.05) is 18.4 Å². The van der Waals surface area contributed by atoms with Crippen molar-refractivity contribution in [2.45, 2.75) is 64.2 Å². The summed E-state index contributed by atoms with van der Waals surface area (Å²) in [5.41, 5.74) is 0.913. The number of amides is 1. The molecule has 0 aliphatic rings. The molecule has 2 aromatic rings. The van der Waals surface area contributed by atoms with E-state index in [2.05, 4.69) is 22.4 Å². The van der Waals surface area contributed by atoms with Crippen LogP contribution in [-0.4, -0.2) is 41.9 Å². The zero-order valence-electron chi connectivity index (χ0n) is 17.3. The van der Waals surface area contributed by atoms with Crippen molar-refractivity contribution in [1.29, 1.82) is 0 Å². The molecule has 2 rings (SSSR count). The third kappa shape index (κ3) is 6.87. The Morgan fingerprint density at radius 1 is 1.03 bits per heavy atom. The molecule has 1 aromatic carbocycles. The van der Waals surface area contributed by atoms with Crippen molar-refractivity contribution in [3.05, 3.63) is 34.8 Å². The number of benzene rings is 1. The molecule has 0 radical (unpaired) electrons. The van der Waals surface area contributed by atoms with Crippen LogP contribution in [0.3, 0.4) is 0 Å². The van der Waals surface area contributed by atoms with Crippen LogP contribution in [0.4, 0.5) is 5.13 Å². The number of nitrogens with zero attached hydrogens (tertiary/aromatic N) is 3. The van der Waals surface area contributed by atoms with Gasteiger partial charge in [-0.15, -0.1) is 10.2 Å². The molecule has 1 amide bonds. The molecule has 0 atom stereocenters. The average Bonchev–Trinajstić information content (AvgIpc) is 3.15. The third-order valence-electron chi connectivity index (χ3n) is 4.61. The Morgan fingerprint density at radius 3 is 2.34 bits per heavy atom. The third-order valence-corrected chi connectivity index (χ3v) is 7.58. The van der Waals surface area contributed by atoms with Gasteiger partial charge in [-0.3, -0.25) is 4.79 Å². The number of anilines is 1. The van der Waals surface area contributed by atoms with E-state index in [1.165, 1.54) is 15.6 Å². The highest BCUT2D eigenvalue weighted by atomic mass is 32.2. The Hall–Kier alpha value is -1.84. The first-order valence-electron chi connectivity index (χ1n) is 10.1. The van der Waals surface area contributed by atoms with Crippen molar-refractivity contribution < 1.29 is 13.2 Å². The van der Waals surface area contributed by atoms with Gasteiger partial charge in [0.15, 0.2) is 0 Å². The number of unbranched alkanes of at least 4 members (excludes halogenated alkanes) is 2. The van der Waals surface area contributed by atoms with Crippen LogP contribution in [0.15, 0.2) is 29.2 Å². The Kier molecular flexibility index (Phi) is 9.19. The quantitative estimate of drug-likeness (QED) is 0.508. The van der Waals surface area contributed by atoms with E-state index in [4.69, 9.17) is 0 Å². The summed E-state index contributed by atoms with van der Waals surface area (Å²) in [4.78, 5) is 12.5. The Labute approximate surface area is 177 Å². The van der Waals surface area contributed by atoms with Gasteiger partial charge in [-0.05, 0) is 30.5 Å². The molecule has 0 aliphatic carbocycles. The van der Waals surface area contributed by atoms with Crippen LogP contribution in [0, 0.1) is 0 Å². The minimum absolute atomic E-state index is 0.124. The molecule has 29 heavy (non-hydrogen) atoms. The first kappa shape index (κ1) is 23.4. The van der Waals surface area contributed by atoms with Crippen LogP contribution in [0.1, 0.15) is 57.0 Å². The summed E-state index contributed by atoms with van der Waals surface area (Å²) in [7, 11) is -3.46. The maximum Gasteiger partial charge on any atom is 0.243 e. The highest BCUT2D eigenvalue weighted by molar-refractivity contribution is 7.89. The number of sulfonamides is 1. The maximum atomic E-state index is 12.5. The number of aryl methyl sites for hydroxylation is 2. The predicted molar refractivity (Wildman–Crippen MR) is 117 cm³/mol. The topological polar surface area (TPSA) is 92.3 Å². The predicted octanol–water partition coefficient (Wildman–Crippen LogP) is 3.87. The molecule has 0 unspecified atom stereocenters. The van der Waals surface area contributed by atoms with Crippen LogP contribution in [0.5, 0.6) is 0 Å². The monoisotopic (exact) mass is 438 g/mol. The fraction of sp³-hybridized carbons (Fsp3) is 0.550. The zero-order chi connectivity index (χ0) is 21.3. The van der Waals surface area contributed by atoms with Crippen LogP contribution >= 0.6 is 11.3 Å². The molecular formula is C20H30N4O3S2. The normalized spacial score (nSPS) is 11.7. The summed E-state index contributed by atoms with van der Waals surface area (Å²) < 4.78 is 26.4. The van der Waals surface area contributed by atoms with E-state index >= 15 is 0 Å². The largest absolute Gasteiger partial charge is 0.301 e. The lowest BCUT2D eigenvalue weighted by molar-refractivity contribution is -0.116. The number of nitrogens with one attached hydrogen (secondary N) is 1. The summed E-state index contributed by atoms with van der Waals surface area (Å²) in [6.07, 6.45) is 5.12. The van der Waals surface area contributed by atoms with Gasteiger partial charge in [0.25, 0.3) is 0 Å². The minimum Gasteiger partial charge on any atom is -0.301 e. The summed E-state index contributed by atoms with van der Waals surface area (Å²) in [5, 5.41) is 12.4. The molecule has 1 heterocycles. The van der Waals surface area contributed by atoms with Gasteiger partial charge in [0, 0.05) is 25.9 Å². The Morgan fingerprint density at radius 2 is 1.72 bits per heavy atom. The molecule has 7 nitrogen and oxygen atoms in total. The Balaban J connectivity index is 1.86. The lowest BCUT2D eigenvalue weighted by atomic mass is 10.1. The Bertz CT molecular complexity index is 875. The number of hydrogen-bond donors (Lipinski definition) is 1. The lowest BCUT2D eigenvalue weighted by Gasteiger charge is -2.18. The van der Waals surface area contributed by atoms with Crippen molar-refractivity contribution in [3.63, 3.8) is 0 Å². The first-order chi connectivity index (χ1) is 13.9. The molecule has 9 heteroatoms. The van der Waals surface area contributed by atoms with Crippen molar-refractivity contribution in [1.82, 2.24) is 14.5 Å². The van der Waals surface area contributed by atoms with Crippen LogP contribution in [0.25, 0.3) is 0 Å². The highest BCUT2D eigenvalue weighted by Gasteiger charge is 2.21. The maximum absolute atomic E-state index is 12.5. The van der Waals surface area contributed by atoms with Crippen LogP contribution < -0.4 is 5.32 Å². The van der Waals surface area contributed by atoms with Gasteiger partial charge in [-0.2, -0.15) is 4.31 Å². The standard InChI is InChI=1S/C20H30N4O3S2/c1-4-7-8-9-19-22-23-20(28-19)21-18(25)15-12-16-10-13-17(14-11-16)29(26,27)24(5-2)6-3/h10-11,13-14H,4-9,12,15H2,1-3H3,(H,21,23,25). The van der Waals surface area contributed by atoms with Gasteiger partial charge in [-0.25, -0.2) is 8.42 Å². The van der Waals surface area contributed by atoms with E-state index in [1.807, 2.05) is 13.8 Å². The summed E-state index contributed by atoms with van der Waals surface area (Å²) in [5.74, 6) is -0.124. The summed E-state index contributed by atoms with van der Waals surface area (Å²) >= 11 is 1.42. The molecule has 0 saturated carbocycles. The van der Waals surface area contributed by atoms with Gasteiger partial charge >= 0.3 is 0 Å². The second-order valence-corrected chi connectivity index (χ2v) is 9.74. The molecule has 1 N–H and O–H groups in total.